The first-order valence-corrected chi connectivity index (χ1v) is 6.03. The highest BCUT2D eigenvalue weighted by Crippen LogP contribution is 2.02. The van der Waals surface area contributed by atoms with E-state index in [1.165, 1.54) is 0 Å². The van der Waals surface area contributed by atoms with Crippen molar-refractivity contribution >= 4 is 43.0 Å². The Morgan fingerprint density at radius 1 is 1.67 bits per heavy atom. The Kier molecular flexibility index (Phi) is 8.49. The van der Waals surface area contributed by atoms with Crippen LogP contribution in [0.3, 0.4) is 0 Å². The third-order valence-electron chi connectivity index (χ3n) is 1.07. The van der Waals surface area contributed by atoms with Gasteiger partial charge in [-0.15, -0.1) is 0 Å². The molecular formula is C7H14O2S3. The zero-order valence-corrected chi connectivity index (χ0v) is 9.63. The SMILES string of the molecule is CCSCC(=O)OCC(S)CS. The Morgan fingerprint density at radius 2 is 2.33 bits per heavy atom. The Bertz CT molecular complexity index is 130. The highest BCUT2D eigenvalue weighted by atomic mass is 32.2. The zero-order chi connectivity index (χ0) is 9.40. The van der Waals surface area contributed by atoms with Crippen molar-refractivity contribution in [2.45, 2.75) is 12.2 Å². The van der Waals surface area contributed by atoms with Gasteiger partial charge in [-0.2, -0.15) is 37.0 Å². The predicted molar refractivity (Wildman–Crippen MR) is 60.6 cm³/mol. The number of hydrogen-bond donors (Lipinski definition) is 2. The first-order valence-electron chi connectivity index (χ1n) is 3.73. The van der Waals surface area contributed by atoms with Crippen LogP contribution >= 0.6 is 37.0 Å². The molecule has 12 heavy (non-hydrogen) atoms. The molecule has 0 fully saturated rings. The summed E-state index contributed by atoms with van der Waals surface area (Å²) >= 11 is 9.71. The minimum Gasteiger partial charge on any atom is -0.464 e. The lowest BCUT2D eigenvalue weighted by atomic mass is 10.5. The van der Waals surface area contributed by atoms with Gasteiger partial charge in [-0.25, -0.2) is 0 Å². The molecular weight excluding hydrogens is 212 g/mol. The lowest BCUT2D eigenvalue weighted by Crippen LogP contribution is -2.16. The third kappa shape index (κ3) is 7.18. The summed E-state index contributed by atoms with van der Waals surface area (Å²) in [4.78, 5) is 10.9. The van der Waals surface area contributed by atoms with Crippen LogP contribution in [0.2, 0.25) is 0 Å². The summed E-state index contributed by atoms with van der Waals surface area (Å²) in [6, 6.07) is 0. The highest BCUT2D eigenvalue weighted by Gasteiger charge is 2.05. The maximum Gasteiger partial charge on any atom is 0.315 e. The number of thioether (sulfide) groups is 1. The quantitative estimate of drug-likeness (QED) is 0.531. The number of thiol groups is 2. The van der Waals surface area contributed by atoms with E-state index in [9.17, 15) is 4.79 Å². The molecule has 0 amide bonds. The van der Waals surface area contributed by atoms with Crippen molar-refractivity contribution < 1.29 is 9.53 Å². The van der Waals surface area contributed by atoms with Crippen LogP contribution in [-0.2, 0) is 9.53 Å². The number of carbonyl (C=O) groups excluding carboxylic acids is 1. The summed E-state index contributed by atoms with van der Waals surface area (Å²) in [5, 5.41) is 0.0453. The molecule has 0 heterocycles. The van der Waals surface area contributed by atoms with Crippen LogP contribution in [0, 0.1) is 0 Å². The molecule has 0 bridgehead atoms. The Balaban J connectivity index is 3.31. The monoisotopic (exact) mass is 226 g/mol. The standard InChI is InChI=1S/C7H14O2S3/c1-2-12-5-7(8)9-3-6(11)4-10/h6,10-11H,2-5H2,1H3. The molecule has 0 saturated carbocycles. The molecule has 0 aromatic heterocycles. The number of esters is 1. The average molecular weight is 226 g/mol. The van der Waals surface area contributed by atoms with Crippen LogP contribution in [-0.4, -0.2) is 35.1 Å². The summed E-state index contributed by atoms with van der Waals surface area (Å²) in [6.07, 6.45) is 0. The van der Waals surface area contributed by atoms with Crippen LogP contribution in [0.4, 0.5) is 0 Å². The normalized spacial score (nSPS) is 12.6. The Hall–Kier alpha value is 0.520. The first kappa shape index (κ1) is 12.5. The summed E-state index contributed by atoms with van der Waals surface area (Å²) in [5.74, 6) is 1.83. The number of carbonyl (C=O) groups is 1. The third-order valence-corrected chi connectivity index (χ3v) is 2.98. The van der Waals surface area contributed by atoms with Crippen molar-refractivity contribution in [1.29, 1.82) is 0 Å². The van der Waals surface area contributed by atoms with Gasteiger partial charge in [0, 0.05) is 11.0 Å². The minimum atomic E-state index is -0.164. The minimum absolute atomic E-state index is 0.0453. The van der Waals surface area contributed by atoms with E-state index in [-0.39, 0.29) is 11.2 Å². The molecule has 0 radical (unpaired) electrons. The molecule has 1 atom stereocenters. The van der Waals surface area contributed by atoms with Crippen LogP contribution in [0.15, 0.2) is 0 Å². The molecule has 0 spiro atoms. The van der Waals surface area contributed by atoms with Gasteiger partial charge in [0.2, 0.25) is 0 Å². The fraction of sp³-hybridized carbons (Fsp3) is 0.857. The van der Waals surface area contributed by atoms with E-state index in [4.69, 9.17) is 4.74 Å². The van der Waals surface area contributed by atoms with Gasteiger partial charge in [0.25, 0.3) is 0 Å². The van der Waals surface area contributed by atoms with E-state index in [2.05, 4.69) is 25.3 Å². The van der Waals surface area contributed by atoms with Gasteiger partial charge in [-0.3, -0.25) is 4.79 Å². The second-order valence-corrected chi connectivity index (χ2v) is 4.53. The fourth-order valence-corrected chi connectivity index (χ4v) is 1.10. The van der Waals surface area contributed by atoms with Crippen LogP contribution in [0.5, 0.6) is 0 Å². The number of rotatable bonds is 6. The van der Waals surface area contributed by atoms with Gasteiger partial charge in [-0.05, 0) is 5.75 Å². The second kappa shape index (κ2) is 8.13. The van der Waals surface area contributed by atoms with E-state index in [0.717, 1.165) is 5.75 Å². The smallest absolute Gasteiger partial charge is 0.315 e. The van der Waals surface area contributed by atoms with Crippen LogP contribution in [0.1, 0.15) is 6.92 Å². The molecule has 0 aromatic rings. The van der Waals surface area contributed by atoms with Crippen LogP contribution in [0.25, 0.3) is 0 Å². The molecule has 5 heteroatoms. The molecule has 0 aromatic carbocycles. The summed E-state index contributed by atoms with van der Waals surface area (Å²) in [5.41, 5.74) is 0. The predicted octanol–water partition coefficient (Wildman–Crippen LogP) is 1.51. The van der Waals surface area contributed by atoms with Crippen molar-refractivity contribution in [3.05, 3.63) is 0 Å². The first-order chi connectivity index (χ1) is 5.70. The summed E-state index contributed by atoms with van der Waals surface area (Å²) < 4.78 is 4.91. The topological polar surface area (TPSA) is 26.3 Å². The highest BCUT2D eigenvalue weighted by molar-refractivity contribution is 7.99. The largest absolute Gasteiger partial charge is 0.464 e. The van der Waals surface area contributed by atoms with Gasteiger partial charge >= 0.3 is 5.97 Å². The van der Waals surface area contributed by atoms with Crippen molar-refractivity contribution in [3.8, 4) is 0 Å². The molecule has 0 N–H and O–H groups in total. The second-order valence-electron chi connectivity index (χ2n) is 2.16. The van der Waals surface area contributed by atoms with E-state index in [1.807, 2.05) is 6.92 Å². The molecule has 72 valence electrons. The van der Waals surface area contributed by atoms with Gasteiger partial charge in [0.1, 0.15) is 6.61 Å². The van der Waals surface area contributed by atoms with Crippen molar-refractivity contribution in [2.24, 2.45) is 0 Å². The maximum atomic E-state index is 10.9. The van der Waals surface area contributed by atoms with Crippen molar-refractivity contribution in [2.75, 3.05) is 23.9 Å². The molecule has 1 unspecified atom stereocenters. The van der Waals surface area contributed by atoms with Gasteiger partial charge in [0.05, 0.1) is 5.75 Å². The molecule has 0 aliphatic rings. The molecule has 0 aliphatic carbocycles. The zero-order valence-electron chi connectivity index (χ0n) is 7.02. The molecule has 0 saturated heterocycles. The van der Waals surface area contributed by atoms with Crippen molar-refractivity contribution in [1.82, 2.24) is 0 Å². The van der Waals surface area contributed by atoms with E-state index in [1.54, 1.807) is 11.8 Å². The van der Waals surface area contributed by atoms with E-state index in [0.29, 0.717) is 18.1 Å². The average Bonchev–Trinajstić information content (AvgIpc) is 2.10. The molecule has 0 rings (SSSR count). The lowest BCUT2D eigenvalue weighted by Gasteiger charge is -2.07. The number of hydrogen-bond acceptors (Lipinski definition) is 5. The van der Waals surface area contributed by atoms with Crippen LogP contribution < -0.4 is 0 Å². The molecule has 2 nitrogen and oxygen atoms in total. The number of ether oxygens (including phenoxy) is 1. The van der Waals surface area contributed by atoms with E-state index < -0.39 is 0 Å². The Labute approximate surface area is 88.6 Å². The molecule has 0 aliphatic heterocycles. The maximum absolute atomic E-state index is 10.9. The van der Waals surface area contributed by atoms with Crippen molar-refractivity contribution in [3.63, 3.8) is 0 Å². The van der Waals surface area contributed by atoms with E-state index >= 15 is 0 Å². The van der Waals surface area contributed by atoms with Gasteiger partial charge in [0.15, 0.2) is 0 Å². The van der Waals surface area contributed by atoms with Gasteiger partial charge in [-0.1, -0.05) is 6.92 Å². The fourth-order valence-electron chi connectivity index (χ4n) is 0.469. The summed E-state index contributed by atoms with van der Waals surface area (Å²) in [6.45, 7) is 2.36. The summed E-state index contributed by atoms with van der Waals surface area (Å²) in [7, 11) is 0. The van der Waals surface area contributed by atoms with Gasteiger partial charge < -0.3 is 4.74 Å². The Morgan fingerprint density at radius 3 is 2.83 bits per heavy atom. The lowest BCUT2D eigenvalue weighted by molar-refractivity contribution is -0.140.